The molecule has 0 unspecified atom stereocenters. The Hall–Kier alpha value is -3.19. The molecule has 2 aromatic carbocycles. The summed E-state index contributed by atoms with van der Waals surface area (Å²) in [5, 5.41) is 1.75. The van der Waals surface area contributed by atoms with Crippen LogP contribution in [0.15, 0.2) is 81.2 Å². The van der Waals surface area contributed by atoms with Gasteiger partial charge in [0, 0.05) is 6.07 Å². The zero-order valence-corrected chi connectivity index (χ0v) is 21.0. The molecule has 2 rings (SSSR count). The van der Waals surface area contributed by atoms with Crippen molar-refractivity contribution in [2.75, 3.05) is 12.9 Å². The van der Waals surface area contributed by atoms with Gasteiger partial charge in [-0.25, -0.2) is 21.2 Å². The molecule has 0 aliphatic heterocycles. The van der Waals surface area contributed by atoms with Crippen LogP contribution in [0.2, 0.25) is 0 Å². The predicted molar refractivity (Wildman–Crippen MR) is 124 cm³/mol. The summed E-state index contributed by atoms with van der Waals surface area (Å²) in [6, 6.07) is 6.60. The fourth-order valence-electron chi connectivity index (χ4n) is 3.01. The zero-order chi connectivity index (χ0) is 27.3. The van der Waals surface area contributed by atoms with E-state index in [4.69, 9.17) is 4.74 Å². The van der Waals surface area contributed by atoms with Crippen molar-refractivity contribution < 1.29 is 43.9 Å². The van der Waals surface area contributed by atoms with E-state index in [-0.39, 0.29) is 16.2 Å². The molecule has 2 aromatic rings. The van der Waals surface area contributed by atoms with Crippen molar-refractivity contribution in [3.63, 3.8) is 0 Å². The second kappa shape index (κ2) is 11.2. The van der Waals surface area contributed by atoms with Crippen molar-refractivity contribution in [1.29, 1.82) is 0 Å². The Morgan fingerprint density at radius 3 is 2.19 bits per heavy atom. The van der Waals surface area contributed by atoms with E-state index in [1.165, 1.54) is 44.4 Å². The Morgan fingerprint density at radius 2 is 1.67 bits per heavy atom. The van der Waals surface area contributed by atoms with Crippen LogP contribution in [-0.4, -0.2) is 41.8 Å². The molecule has 7 nitrogen and oxygen atoms in total. The molecule has 1 atom stereocenters. The summed E-state index contributed by atoms with van der Waals surface area (Å²) in [5.74, 6) is -4.24. The smallest absolute Gasteiger partial charge is 0.471 e. The fourth-order valence-corrected chi connectivity index (χ4v) is 6.33. The van der Waals surface area contributed by atoms with E-state index in [0.29, 0.717) is 0 Å². The van der Waals surface area contributed by atoms with Gasteiger partial charge in [0.05, 0.1) is 27.8 Å². The number of halogens is 4. The molecule has 1 amide bonds. The molecule has 1 N–H and O–H groups in total. The Bertz CT molecular complexity index is 1380. The number of ether oxygens (including phenoxy) is 1. The molecule has 13 heteroatoms. The Balaban J connectivity index is 2.50. The molecular formula is C23H23F4NO6S2. The topological polar surface area (TPSA) is 107 Å². The van der Waals surface area contributed by atoms with Gasteiger partial charge in [0.1, 0.15) is 17.3 Å². The number of sulfone groups is 2. The van der Waals surface area contributed by atoms with Crippen LogP contribution in [0.4, 0.5) is 17.6 Å². The van der Waals surface area contributed by atoms with Gasteiger partial charge >= 0.3 is 12.1 Å². The minimum absolute atomic E-state index is 0.0231. The first-order valence-corrected chi connectivity index (χ1v) is 13.4. The van der Waals surface area contributed by atoms with Crippen LogP contribution in [0, 0.1) is 0 Å². The van der Waals surface area contributed by atoms with Crippen molar-refractivity contribution in [1.82, 2.24) is 5.32 Å². The molecule has 0 heterocycles. The summed E-state index contributed by atoms with van der Waals surface area (Å²) < 4.78 is 109. The van der Waals surface area contributed by atoms with E-state index >= 15 is 0 Å². The summed E-state index contributed by atoms with van der Waals surface area (Å²) in [5.41, 5.74) is 0.172. The van der Waals surface area contributed by atoms with Gasteiger partial charge in [0.2, 0.25) is 9.84 Å². The SMILES string of the molecule is C/C=C\C=C(\F)CS(=O)(=O)c1cc(OC)ccc1S(=O)(=O)c1ccc([C@H](C)NC(=O)C(F)(F)F)cc1. The van der Waals surface area contributed by atoms with E-state index < -0.39 is 59.2 Å². The Morgan fingerprint density at radius 1 is 1.06 bits per heavy atom. The van der Waals surface area contributed by atoms with Gasteiger partial charge < -0.3 is 10.1 Å². The van der Waals surface area contributed by atoms with Gasteiger partial charge in [-0.1, -0.05) is 24.3 Å². The van der Waals surface area contributed by atoms with Crippen LogP contribution < -0.4 is 10.1 Å². The molecule has 0 aromatic heterocycles. The van der Waals surface area contributed by atoms with Crippen LogP contribution in [0.25, 0.3) is 0 Å². The minimum atomic E-state index is -5.09. The average molecular weight is 550 g/mol. The summed E-state index contributed by atoms with van der Waals surface area (Å²) >= 11 is 0. The first kappa shape index (κ1) is 29.0. The molecular weight excluding hydrogens is 526 g/mol. The van der Waals surface area contributed by atoms with Gasteiger partial charge in [-0.3, -0.25) is 4.79 Å². The van der Waals surface area contributed by atoms with Gasteiger partial charge in [0.25, 0.3) is 0 Å². The van der Waals surface area contributed by atoms with Crippen molar-refractivity contribution in [2.45, 2.75) is 40.8 Å². The van der Waals surface area contributed by atoms with Crippen molar-refractivity contribution in [2.24, 2.45) is 0 Å². The predicted octanol–water partition coefficient (Wildman–Crippen LogP) is 4.47. The lowest BCUT2D eigenvalue weighted by molar-refractivity contribution is -0.174. The number of hydrogen-bond donors (Lipinski definition) is 1. The van der Waals surface area contributed by atoms with Gasteiger partial charge in [-0.05, 0) is 49.8 Å². The lowest BCUT2D eigenvalue weighted by atomic mass is 10.1. The van der Waals surface area contributed by atoms with Crippen LogP contribution in [0.1, 0.15) is 25.5 Å². The highest BCUT2D eigenvalue weighted by atomic mass is 32.2. The molecule has 0 saturated carbocycles. The third kappa shape index (κ3) is 6.94. The number of benzene rings is 2. The molecule has 0 bridgehead atoms. The number of allylic oxidation sites excluding steroid dienone is 3. The summed E-state index contributed by atoms with van der Waals surface area (Å²) in [7, 11) is -7.72. The van der Waals surface area contributed by atoms with Crippen molar-refractivity contribution in [3.8, 4) is 5.75 Å². The number of hydrogen-bond acceptors (Lipinski definition) is 6. The second-order valence-corrected chi connectivity index (χ2v) is 11.4. The first-order valence-electron chi connectivity index (χ1n) is 10.2. The van der Waals surface area contributed by atoms with Gasteiger partial charge in [0.15, 0.2) is 9.84 Å². The number of carbonyl (C=O) groups excluding carboxylic acids is 1. The van der Waals surface area contributed by atoms with Crippen LogP contribution in [0.5, 0.6) is 5.75 Å². The van der Waals surface area contributed by atoms with Crippen molar-refractivity contribution in [3.05, 3.63) is 72.1 Å². The quantitative estimate of drug-likeness (QED) is 0.366. The zero-order valence-electron chi connectivity index (χ0n) is 19.3. The maximum atomic E-state index is 14.1. The average Bonchev–Trinajstić information content (AvgIpc) is 2.81. The van der Waals surface area contributed by atoms with Crippen LogP contribution in [-0.2, 0) is 24.5 Å². The summed E-state index contributed by atoms with van der Waals surface area (Å²) in [6.07, 6.45) is -1.39. The lowest BCUT2D eigenvalue weighted by Crippen LogP contribution is -2.38. The first-order chi connectivity index (χ1) is 16.6. The highest BCUT2D eigenvalue weighted by Gasteiger charge is 2.39. The van der Waals surface area contributed by atoms with E-state index in [1.54, 1.807) is 12.2 Å². The number of methoxy groups -OCH3 is 1. The lowest BCUT2D eigenvalue weighted by Gasteiger charge is -2.16. The molecule has 0 aliphatic rings. The summed E-state index contributed by atoms with van der Waals surface area (Å²) in [6.45, 7) is 2.87. The molecule has 0 saturated heterocycles. The standard InChI is InChI=1S/C23H23F4NO6S2/c1-4-5-6-17(24)14-35(30,31)21-13-18(34-3)9-12-20(21)36(32,33)19-10-7-16(8-11-19)15(2)28-22(29)23(25,26)27/h4-13,15H,14H2,1-3H3,(H,28,29)/b5-4-,17-6+/t15-/m0/s1. The minimum Gasteiger partial charge on any atom is -0.497 e. The molecule has 196 valence electrons. The molecule has 0 aliphatic carbocycles. The molecule has 0 radical (unpaired) electrons. The molecule has 0 spiro atoms. The third-order valence-electron chi connectivity index (χ3n) is 4.87. The maximum absolute atomic E-state index is 14.1. The number of nitrogens with one attached hydrogen (secondary N) is 1. The van der Waals surface area contributed by atoms with Crippen LogP contribution >= 0.6 is 0 Å². The Kier molecular flexibility index (Phi) is 9.08. The fraction of sp³-hybridized carbons (Fsp3) is 0.261. The largest absolute Gasteiger partial charge is 0.497 e. The maximum Gasteiger partial charge on any atom is 0.471 e. The Labute approximate surface area is 206 Å². The summed E-state index contributed by atoms with van der Waals surface area (Å²) in [4.78, 5) is 9.46. The molecule has 36 heavy (non-hydrogen) atoms. The second-order valence-electron chi connectivity index (χ2n) is 7.48. The normalized spacial score (nSPS) is 14.0. The number of amides is 1. The van der Waals surface area contributed by atoms with E-state index in [1.807, 2.05) is 0 Å². The highest BCUT2D eigenvalue weighted by molar-refractivity contribution is 7.94. The molecule has 0 fully saturated rings. The van der Waals surface area contributed by atoms with E-state index in [9.17, 15) is 39.2 Å². The van der Waals surface area contributed by atoms with Crippen LogP contribution in [0.3, 0.4) is 0 Å². The van der Waals surface area contributed by atoms with E-state index in [0.717, 1.165) is 30.3 Å². The van der Waals surface area contributed by atoms with E-state index in [2.05, 4.69) is 0 Å². The highest BCUT2D eigenvalue weighted by Crippen LogP contribution is 2.32. The van der Waals surface area contributed by atoms with Crippen molar-refractivity contribution >= 4 is 25.6 Å². The third-order valence-corrected chi connectivity index (χ3v) is 8.49. The number of alkyl halides is 3. The number of rotatable bonds is 9. The monoisotopic (exact) mass is 549 g/mol. The van der Waals surface area contributed by atoms with Gasteiger partial charge in [-0.2, -0.15) is 13.2 Å². The van der Waals surface area contributed by atoms with Gasteiger partial charge in [-0.15, -0.1) is 0 Å². The number of carbonyl (C=O) groups is 1.